The largest absolute Gasteiger partial charge is 0.491 e. The molecule has 1 aromatic rings. The van der Waals surface area contributed by atoms with Gasteiger partial charge in [-0.25, -0.2) is 0 Å². The fourth-order valence-corrected chi connectivity index (χ4v) is 2.70. The highest BCUT2D eigenvalue weighted by Gasteiger charge is 2.08. The van der Waals surface area contributed by atoms with Gasteiger partial charge in [-0.15, -0.1) is 0 Å². The van der Waals surface area contributed by atoms with Crippen LogP contribution in [0.15, 0.2) is 21.1 Å². The smallest absolute Gasteiger partial charge is 0.219 e. The molecule has 0 aliphatic heterocycles. The van der Waals surface area contributed by atoms with Gasteiger partial charge >= 0.3 is 0 Å². The number of halogens is 2. The molecular formula is C11H14Br2N2O2. The zero-order chi connectivity index (χ0) is 12.8. The molecule has 0 atom stereocenters. The molecular weight excluding hydrogens is 352 g/mol. The SMILES string of the molecule is CNC(=O)CCCOc1c(Br)cc(N)cc1Br. The standard InChI is InChI=1S/C11H14Br2N2O2/c1-15-10(16)3-2-4-17-11-8(12)5-7(14)6-9(11)13/h5-6H,2-4,14H2,1H3,(H,15,16). The van der Waals surface area contributed by atoms with Gasteiger partial charge in [0.2, 0.25) is 5.91 Å². The number of amides is 1. The number of benzene rings is 1. The van der Waals surface area contributed by atoms with E-state index in [1.165, 1.54) is 0 Å². The van der Waals surface area contributed by atoms with E-state index in [2.05, 4.69) is 37.2 Å². The molecule has 1 aromatic carbocycles. The molecule has 3 N–H and O–H groups in total. The maximum absolute atomic E-state index is 11.0. The molecule has 0 saturated carbocycles. The van der Waals surface area contributed by atoms with Gasteiger partial charge in [-0.3, -0.25) is 4.79 Å². The van der Waals surface area contributed by atoms with Crippen LogP contribution in [-0.2, 0) is 4.79 Å². The number of nitrogens with two attached hydrogens (primary N) is 1. The minimum absolute atomic E-state index is 0.0176. The highest BCUT2D eigenvalue weighted by Crippen LogP contribution is 2.35. The molecule has 0 aromatic heterocycles. The van der Waals surface area contributed by atoms with Crippen molar-refractivity contribution in [3.63, 3.8) is 0 Å². The second-order valence-corrected chi connectivity index (χ2v) is 5.15. The van der Waals surface area contributed by atoms with Crippen molar-refractivity contribution < 1.29 is 9.53 Å². The third-order valence-electron chi connectivity index (χ3n) is 2.09. The lowest BCUT2D eigenvalue weighted by molar-refractivity contribution is -0.120. The van der Waals surface area contributed by atoms with E-state index >= 15 is 0 Å². The first-order valence-corrected chi connectivity index (χ1v) is 6.71. The number of anilines is 1. The van der Waals surface area contributed by atoms with E-state index < -0.39 is 0 Å². The number of nitrogens with one attached hydrogen (secondary N) is 1. The van der Waals surface area contributed by atoms with Crippen LogP contribution in [0.1, 0.15) is 12.8 Å². The molecule has 0 fully saturated rings. The van der Waals surface area contributed by atoms with Crippen molar-refractivity contribution in [1.29, 1.82) is 0 Å². The highest BCUT2D eigenvalue weighted by molar-refractivity contribution is 9.11. The fraction of sp³-hybridized carbons (Fsp3) is 0.364. The zero-order valence-electron chi connectivity index (χ0n) is 9.43. The Morgan fingerprint density at radius 3 is 2.53 bits per heavy atom. The van der Waals surface area contributed by atoms with E-state index in [1.54, 1.807) is 19.2 Å². The first kappa shape index (κ1) is 14.3. The Balaban J connectivity index is 2.50. The number of hydrogen-bond acceptors (Lipinski definition) is 3. The van der Waals surface area contributed by atoms with E-state index in [0.717, 1.165) is 8.95 Å². The van der Waals surface area contributed by atoms with Crippen LogP contribution in [-0.4, -0.2) is 19.6 Å². The van der Waals surface area contributed by atoms with Gasteiger partial charge < -0.3 is 15.8 Å². The van der Waals surface area contributed by atoms with Gasteiger partial charge in [0.1, 0.15) is 5.75 Å². The number of carbonyl (C=O) groups excluding carboxylic acids is 1. The molecule has 0 radical (unpaired) electrons. The van der Waals surface area contributed by atoms with Crippen molar-refractivity contribution in [3.8, 4) is 5.75 Å². The minimum Gasteiger partial charge on any atom is -0.491 e. The van der Waals surface area contributed by atoms with Gasteiger partial charge in [-0.2, -0.15) is 0 Å². The zero-order valence-corrected chi connectivity index (χ0v) is 12.6. The van der Waals surface area contributed by atoms with E-state index in [4.69, 9.17) is 10.5 Å². The summed E-state index contributed by atoms with van der Waals surface area (Å²) >= 11 is 6.76. The van der Waals surface area contributed by atoms with E-state index in [9.17, 15) is 4.79 Å². The van der Waals surface area contributed by atoms with Crippen LogP contribution in [0.5, 0.6) is 5.75 Å². The summed E-state index contributed by atoms with van der Waals surface area (Å²) in [6.07, 6.45) is 1.13. The summed E-state index contributed by atoms with van der Waals surface area (Å²) in [5, 5.41) is 2.56. The first-order chi connectivity index (χ1) is 8.04. The predicted octanol–water partition coefficient (Wildman–Crippen LogP) is 2.70. The molecule has 0 saturated heterocycles. The van der Waals surface area contributed by atoms with Crippen molar-refractivity contribution in [1.82, 2.24) is 5.32 Å². The van der Waals surface area contributed by atoms with Crippen LogP contribution in [0.2, 0.25) is 0 Å². The minimum atomic E-state index is 0.0176. The third-order valence-corrected chi connectivity index (χ3v) is 3.27. The molecule has 1 amide bonds. The van der Waals surface area contributed by atoms with Gasteiger partial charge in [0, 0.05) is 19.2 Å². The van der Waals surface area contributed by atoms with Crippen molar-refractivity contribution in [3.05, 3.63) is 21.1 Å². The summed E-state index contributed by atoms with van der Waals surface area (Å²) < 4.78 is 7.18. The molecule has 6 heteroatoms. The first-order valence-electron chi connectivity index (χ1n) is 5.12. The van der Waals surface area contributed by atoms with Gasteiger partial charge in [0.15, 0.2) is 0 Å². The number of rotatable bonds is 5. The molecule has 0 spiro atoms. The van der Waals surface area contributed by atoms with Gasteiger partial charge in [-0.05, 0) is 50.4 Å². The molecule has 0 aliphatic carbocycles. The normalized spacial score (nSPS) is 10.1. The Bertz CT molecular complexity index is 387. The second-order valence-electron chi connectivity index (χ2n) is 3.44. The number of hydrogen-bond donors (Lipinski definition) is 2. The van der Waals surface area contributed by atoms with Crippen molar-refractivity contribution in [2.45, 2.75) is 12.8 Å². The van der Waals surface area contributed by atoms with Gasteiger partial charge in [0.05, 0.1) is 15.6 Å². The molecule has 94 valence electrons. The summed E-state index contributed by atoms with van der Waals surface area (Å²) in [6.45, 7) is 0.481. The lowest BCUT2D eigenvalue weighted by Gasteiger charge is -2.10. The molecule has 0 bridgehead atoms. The van der Waals surface area contributed by atoms with Crippen LogP contribution in [0.4, 0.5) is 5.69 Å². The second kappa shape index (κ2) is 6.86. The lowest BCUT2D eigenvalue weighted by atomic mass is 10.3. The number of nitrogen functional groups attached to an aromatic ring is 1. The van der Waals surface area contributed by atoms with E-state index in [-0.39, 0.29) is 5.91 Å². The monoisotopic (exact) mass is 364 g/mol. The molecule has 0 heterocycles. The molecule has 17 heavy (non-hydrogen) atoms. The molecule has 1 rings (SSSR count). The maximum atomic E-state index is 11.0. The van der Waals surface area contributed by atoms with Gasteiger partial charge in [-0.1, -0.05) is 0 Å². The fourth-order valence-electron chi connectivity index (χ4n) is 1.25. The van der Waals surface area contributed by atoms with E-state index in [1.807, 2.05) is 0 Å². The van der Waals surface area contributed by atoms with Crippen LogP contribution < -0.4 is 15.8 Å². The topological polar surface area (TPSA) is 64.3 Å². The number of carbonyl (C=O) groups is 1. The Morgan fingerprint density at radius 2 is 2.00 bits per heavy atom. The third kappa shape index (κ3) is 4.55. The Morgan fingerprint density at radius 1 is 1.41 bits per heavy atom. The maximum Gasteiger partial charge on any atom is 0.219 e. The highest BCUT2D eigenvalue weighted by atomic mass is 79.9. The average Bonchev–Trinajstić information content (AvgIpc) is 2.26. The summed E-state index contributed by atoms with van der Waals surface area (Å²) in [7, 11) is 1.62. The van der Waals surface area contributed by atoms with Crippen LogP contribution in [0, 0.1) is 0 Å². The Kier molecular flexibility index (Phi) is 5.77. The molecule has 0 unspecified atom stereocenters. The predicted molar refractivity (Wildman–Crippen MR) is 75.1 cm³/mol. The van der Waals surface area contributed by atoms with Gasteiger partial charge in [0.25, 0.3) is 0 Å². The van der Waals surface area contributed by atoms with Crippen LogP contribution in [0.3, 0.4) is 0 Å². The van der Waals surface area contributed by atoms with Crippen LogP contribution in [0.25, 0.3) is 0 Å². The summed E-state index contributed by atoms with van der Waals surface area (Å²) in [6, 6.07) is 3.55. The Labute approximate surface area is 117 Å². The van der Waals surface area contributed by atoms with Crippen molar-refractivity contribution in [2.24, 2.45) is 0 Å². The lowest BCUT2D eigenvalue weighted by Crippen LogP contribution is -2.18. The molecule has 0 aliphatic rings. The van der Waals surface area contributed by atoms with Crippen molar-refractivity contribution in [2.75, 3.05) is 19.4 Å². The van der Waals surface area contributed by atoms with E-state index in [0.29, 0.717) is 30.9 Å². The molecule has 4 nitrogen and oxygen atoms in total. The van der Waals surface area contributed by atoms with Crippen LogP contribution >= 0.6 is 31.9 Å². The summed E-state index contributed by atoms with van der Waals surface area (Å²) in [5.74, 6) is 0.722. The number of ether oxygens (including phenoxy) is 1. The summed E-state index contributed by atoms with van der Waals surface area (Å²) in [4.78, 5) is 11.0. The summed E-state index contributed by atoms with van der Waals surface area (Å²) in [5.41, 5.74) is 6.33. The quantitative estimate of drug-likeness (QED) is 0.622. The average molecular weight is 366 g/mol. The van der Waals surface area contributed by atoms with Crippen molar-refractivity contribution >= 4 is 43.5 Å². The Hall–Kier alpha value is -0.750.